The van der Waals surface area contributed by atoms with Crippen LogP contribution in [0.4, 0.5) is 5.82 Å². The lowest BCUT2D eigenvalue weighted by Crippen LogP contribution is -2.23. The fourth-order valence-electron chi connectivity index (χ4n) is 1.36. The third kappa shape index (κ3) is 1.07. The number of aliphatic hydroxyl groups is 1. The van der Waals surface area contributed by atoms with Gasteiger partial charge in [0.25, 0.3) is 0 Å². The summed E-state index contributed by atoms with van der Waals surface area (Å²) in [6.45, 7) is 1.22. The molecule has 1 unspecified atom stereocenters. The number of β-amino-alcohol motifs (C(OH)–C–C–N with tert-alkyl or cyclic N) is 1. The minimum Gasteiger partial charge on any atom is -0.385 e. The number of fused-ring (bicyclic) bond motifs is 1. The summed E-state index contributed by atoms with van der Waals surface area (Å²) in [5.74, 6) is 0.896. The van der Waals surface area contributed by atoms with Gasteiger partial charge in [0.2, 0.25) is 0 Å². The molecule has 0 amide bonds. The Bertz CT molecular complexity index is 283. The Labute approximate surface area is 70.4 Å². The van der Waals surface area contributed by atoms with Crippen LogP contribution in [0.25, 0.3) is 0 Å². The van der Waals surface area contributed by atoms with Crippen LogP contribution in [0, 0.1) is 0 Å². The van der Waals surface area contributed by atoms with Crippen molar-refractivity contribution < 1.29 is 5.11 Å². The van der Waals surface area contributed by atoms with E-state index in [0.29, 0.717) is 13.2 Å². The number of anilines is 1. The summed E-state index contributed by atoms with van der Waals surface area (Å²) in [6.07, 6.45) is 1.20. The second kappa shape index (κ2) is 2.76. The largest absolute Gasteiger partial charge is 0.385 e. The highest BCUT2D eigenvalue weighted by atomic mass is 16.3. The summed E-state index contributed by atoms with van der Waals surface area (Å²) in [7, 11) is 1.90. The first-order valence-corrected chi connectivity index (χ1v) is 3.93. The molecule has 0 bridgehead atoms. The van der Waals surface area contributed by atoms with E-state index in [9.17, 15) is 5.11 Å². The van der Waals surface area contributed by atoms with Crippen molar-refractivity contribution in [3.63, 3.8) is 0 Å². The van der Waals surface area contributed by atoms with Crippen molar-refractivity contribution in [3.8, 4) is 0 Å². The molecule has 0 aromatic carbocycles. The molecule has 5 heteroatoms. The third-order valence-corrected chi connectivity index (χ3v) is 2.00. The van der Waals surface area contributed by atoms with Crippen LogP contribution >= 0.6 is 0 Å². The number of nitrogens with one attached hydrogen (secondary N) is 2. The van der Waals surface area contributed by atoms with E-state index in [0.717, 1.165) is 11.5 Å². The number of imidazole rings is 1. The molecule has 0 radical (unpaired) electrons. The van der Waals surface area contributed by atoms with Crippen molar-refractivity contribution in [2.45, 2.75) is 6.10 Å². The molecule has 2 rings (SSSR count). The minimum atomic E-state index is -0.504. The van der Waals surface area contributed by atoms with Crippen LogP contribution in [0.5, 0.6) is 0 Å². The van der Waals surface area contributed by atoms with E-state index in [4.69, 9.17) is 0 Å². The normalized spacial score (nSPS) is 22.7. The zero-order chi connectivity index (χ0) is 8.55. The van der Waals surface area contributed by atoms with Crippen molar-refractivity contribution >= 4 is 5.82 Å². The highest BCUT2D eigenvalue weighted by molar-refractivity contribution is 5.43. The fraction of sp³-hybridized carbons (Fsp3) is 0.571. The predicted molar refractivity (Wildman–Crippen MR) is 44.7 cm³/mol. The van der Waals surface area contributed by atoms with E-state index in [1.807, 2.05) is 11.6 Å². The summed E-state index contributed by atoms with van der Waals surface area (Å²) < 4.78 is 1.87. The molecule has 5 nitrogen and oxygen atoms in total. The van der Waals surface area contributed by atoms with Crippen LogP contribution in [0.15, 0.2) is 6.33 Å². The van der Waals surface area contributed by atoms with Crippen LogP contribution in [0.1, 0.15) is 11.8 Å². The van der Waals surface area contributed by atoms with Gasteiger partial charge >= 0.3 is 0 Å². The van der Waals surface area contributed by atoms with Gasteiger partial charge in [0, 0.05) is 13.6 Å². The third-order valence-electron chi connectivity index (χ3n) is 2.00. The Morgan fingerprint density at radius 3 is 3.42 bits per heavy atom. The SMILES string of the molecule is Cn1cnc2c1NCNCC2O. The zero-order valence-electron chi connectivity index (χ0n) is 6.91. The lowest BCUT2D eigenvalue weighted by atomic mass is 10.2. The van der Waals surface area contributed by atoms with Crippen molar-refractivity contribution in [3.05, 3.63) is 12.0 Å². The van der Waals surface area contributed by atoms with E-state index in [2.05, 4.69) is 15.6 Å². The van der Waals surface area contributed by atoms with Crippen molar-refractivity contribution in [2.75, 3.05) is 18.5 Å². The fourth-order valence-corrected chi connectivity index (χ4v) is 1.36. The molecule has 0 aliphatic carbocycles. The van der Waals surface area contributed by atoms with Gasteiger partial charge in [-0.15, -0.1) is 0 Å². The molecule has 1 aliphatic rings. The Kier molecular flexibility index (Phi) is 1.74. The Morgan fingerprint density at radius 2 is 2.58 bits per heavy atom. The summed E-state index contributed by atoms with van der Waals surface area (Å²) in [5, 5.41) is 15.8. The van der Waals surface area contributed by atoms with E-state index in [1.54, 1.807) is 6.33 Å². The summed E-state index contributed by atoms with van der Waals surface area (Å²) >= 11 is 0. The van der Waals surface area contributed by atoms with Gasteiger partial charge in [-0.05, 0) is 0 Å². The van der Waals surface area contributed by atoms with Gasteiger partial charge in [-0.25, -0.2) is 4.98 Å². The van der Waals surface area contributed by atoms with E-state index >= 15 is 0 Å². The van der Waals surface area contributed by atoms with Crippen LogP contribution in [-0.4, -0.2) is 27.9 Å². The average Bonchev–Trinajstić information content (AvgIpc) is 2.30. The molecular formula is C7H12N4O. The predicted octanol–water partition coefficient (Wildman–Crippen LogP) is -0.574. The maximum absolute atomic E-state index is 9.58. The molecule has 1 aliphatic heterocycles. The summed E-state index contributed by atoms with van der Waals surface area (Å²) in [5.41, 5.74) is 0.725. The molecule has 1 atom stereocenters. The highest BCUT2D eigenvalue weighted by Crippen LogP contribution is 2.21. The van der Waals surface area contributed by atoms with Crippen molar-refractivity contribution in [2.24, 2.45) is 7.05 Å². The van der Waals surface area contributed by atoms with Crippen LogP contribution in [-0.2, 0) is 7.05 Å². The molecule has 0 fully saturated rings. The van der Waals surface area contributed by atoms with Gasteiger partial charge in [0.1, 0.15) is 17.6 Å². The van der Waals surface area contributed by atoms with Gasteiger partial charge in [-0.1, -0.05) is 0 Å². The van der Waals surface area contributed by atoms with Gasteiger partial charge in [-0.3, -0.25) is 5.32 Å². The molecule has 0 saturated carbocycles. The van der Waals surface area contributed by atoms with E-state index < -0.39 is 6.10 Å². The standard InChI is InChI=1S/C7H12N4O/c1-11-4-10-6-5(12)2-8-3-9-7(6)11/h4-5,8-9,12H,2-3H2,1H3. The van der Waals surface area contributed by atoms with E-state index in [-0.39, 0.29) is 0 Å². The van der Waals surface area contributed by atoms with Crippen LogP contribution < -0.4 is 10.6 Å². The summed E-state index contributed by atoms with van der Waals surface area (Å²) in [6, 6.07) is 0. The lowest BCUT2D eigenvalue weighted by Gasteiger charge is -2.04. The molecule has 0 saturated heterocycles. The molecule has 12 heavy (non-hydrogen) atoms. The second-order valence-electron chi connectivity index (χ2n) is 2.91. The van der Waals surface area contributed by atoms with Gasteiger partial charge in [-0.2, -0.15) is 0 Å². The Hall–Kier alpha value is -1.07. The molecular weight excluding hydrogens is 156 g/mol. The number of hydrogen-bond donors (Lipinski definition) is 3. The maximum atomic E-state index is 9.58. The second-order valence-corrected chi connectivity index (χ2v) is 2.91. The van der Waals surface area contributed by atoms with Crippen molar-refractivity contribution in [1.82, 2.24) is 14.9 Å². The van der Waals surface area contributed by atoms with Gasteiger partial charge in [0.15, 0.2) is 0 Å². The van der Waals surface area contributed by atoms with Gasteiger partial charge < -0.3 is 15.0 Å². The zero-order valence-corrected chi connectivity index (χ0v) is 6.91. The number of hydrogen-bond acceptors (Lipinski definition) is 4. The first-order chi connectivity index (χ1) is 5.79. The Balaban J connectivity index is 2.41. The molecule has 66 valence electrons. The molecule has 0 spiro atoms. The van der Waals surface area contributed by atoms with Crippen LogP contribution in [0.3, 0.4) is 0 Å². The first-order valence-electron chi connectivity index (χ1n) is 3.93. The monoisotopic (exact) mass is 168 g/mol. The van der Waals surface area contributed by atoms with Crippen LogP contribution in [0.2, 0.25) is 0 Å². The number of nitrogens with zero attached hydrogens (tertiary/aromatic N) is 2. The molecule has 3 N–H and O–H groups in total. The quantitative estimate of drug-likeness (QED) is 0.485. The lowest BCUT2D eigenvalue weighted by molar-refractivity contribution is 0.174. The maximum Gasteiger partial charge on any atom is 0.132 e. The van der Waals surface area contributed by atoms with Crippen molar-refractivity contribution in [1.29, 1.82) is 0 Å². The first kappa shape index (κ1) is 7.57. The molecule has 1 aromatic heterocycles. The highest BCUT2D eigenvalue weighted by Gasteiger charge is 2.19. The van der Waals surface area contributed by atoms with Gasteiger partial charge in [0.05, 0.1) is 13.0 Å². The topological polar surface area (TPSA) is 62.1 Å². The summed E-state index contributed by atoms with van der Waals surface area (Å²) in [4.78, 5) is 4.11. The molecule has 1 aromatic rings. The molecule has 2 heterocycles. The average molecular weight is 168 g/mol. The van der Waals surface area contributed by atoms with E-state index in [1.165, 1.54) is 0 Å². The Morgan fingerprint density at radius 1 is 1.75 bits per heavy atom. The smallest absolute Gasteiger partial charge is 0.132 e. The number of aryl methyl sites for hydroxylation is 1. The minimum absolute atomic E-state index is 0.504. The number of aromatic nitrogens is 2. The number of aliphatic hydroxyl groups excluding tert-OH is 1. The number of rotatable bonds is 0.